The van der Waals surface area contributed by atoms with Crippen LogP contribution < -0.4 is 4.68 Å². The van der Waals surface area contributed by atoms with Crippen molar-refractivity contribution in [2.75, 3.05) is 0 Å². The summed E-state index contributed by atoms with van der Waals surface area (Å²) in [5.41, 5.74) is 3.69. The molecule has 0 radical (unpaired) electrons. The zero-order chi connectivity index (χ0) is 11.5. The molecule has 0 saturated heterocycles. The van der Waals surface area contributed by atoms with Crippen molar-refractivity contribution in [1.29, 1.82) is 0 Å². The molecule has 0 unspecified atom stereocenters. The number of aromatic nitrogens is 2. The molecule has 0 fully saturated rings. The van der Waals surface area contributed by atoms with Crippen LogP contribution in [0.3, 0.4) is 0 Å². The Balaban J connectivity index is 2.20. The molecule has 0 aliphatic heterocycles. The number of nitroso groups, excluding NO2 is 1. The molecule has 1 heterocycles. The highest BCUT2D eigenvalue weighted by Gasteiger charge is 2.11. The maximum absolute atomic E-state index is 10.5. The van der Waals surface area contributed by atoms with Crippen molar-refractivity contribution in [3.05, 3.63) is 52.2 Å². The predicted octanol–water partition coefficient (Wildman–Crippen LogP) is 2.37. The number of aryl methyl sites for hydroxylation is 2. The maximum Gasteiger partial charge on any atom is 0.225 e. The van der Waals surface area contributed by atoms with E-state index in [1.165, 1.54) is 11.1 Å². The normalized spacial score (nSPS) is 10.4. The molecular weight excluding hydrogens is 202 g/mol. The first kappa shape index (κ1) is 10.5. The fourth-order valence-electron chi connectivity index (χ4n) is 1.62. The van der Waals surface area contributed by atoms with Crippen LogP contribution in [0.2, 0.25) is 0 Å². The lowest BCUT2D eigenvalue weighted by atomic mass is 10.1. The van der Waals surface area contributed by atoms with Crippen LogP contribution in [0.5, 0.6) is 0 Å². The van der Waals surface area contributed by atoms with Gasteiger partial charge in [-0.05, 0) is 19.0 Å². The molecule has 4 nitrogen and oxygen atoms in total. The van der Waals surface area contributed by atoms with E-state index in [0.717, 1.165) is 12.2 Å². The van der Waals surface area contributed by atoms with Crippen molar-refractivity contribution in [3.63, 3.8) is 0 Å². The number of benzene rings is 1. The van der Waals surface area contributed by atoms with E-state index in [-0.39, 0.29) is 0 Å². The van der Waals surface area contributed by atoms with Crippen molar-refractivity contribution in [3.8, 4) is 0 Å². The van der Waals surface area contributed by atoms with Crippen LogP contribution in [0.25, 0.3) is 0 Å². The summed E-state index contributed by atoms with van der Waals surface area (Å²) in [6.07, 6.45) is 1.72. The Hall–Kier alpha value is -1.97. The number of hydrogen-bond acceptors (Lipinski definition) is 2. The summed E-state index contributed by atoms with van der Waals surface area (Å²) < 4.78 is 1.86. The van der Waals surface area contributed by atoms with Crippen LogP contribution >= 0.6 is 0 Å². The Morgan fingerprint density at radius 1 is 1.25 bits per heavy atom. The predicted molar refractivity (Wildman–Crippen MR) is 61.5 cm³/mol. The van der Waals surface area contributed by atoms with Gasteiger partial charge in [0.25, 0.3) is 0 Å². The first-order valence-corrected chi connectivity index (χ1v) is 5.17. The smallest absolute Gasteiger partial charge is 0.167 e. The van der Waals surface area contributed by atoms with Gasteiger partial charge in [0.2, 0.25) is 6.20 Å². The Morgan fingerprint density at radius 2 is 1.94 bits per heavy atom. The van der Waals surface area contributed by atoms with Gasteiger partial charge in [-0.2, -0.15) is 5.10 Å². The Morgan fingerprint density at radius 3 is 2.50 bits per heavy atom. The average molecular weight is 216 g/mol. The van der Waals surface area contributed by atoms with Crippen LogP contribution in [0.1, 0.15) is 16.8 Å². The molecule has 0 aliphatic carbocycles. The molecule has 1 aromatic carbocycles. The molecule has 0 aliphatic rings. The molecule has 1 aromatic heterocycles. The summed E-state index contributed by atoms with van der Waals surface area (Å²) in [6, 6.07) is 8.30. The van der Waals surface area contributed by atoms with E-state index < -0.39 is 0 Å². The fourth-order valence-corrected chi connectivity index (χ4v) is 1.62. The lowest BCUT2D eigenvalue weighted by Crippen LogP contribution is -2.35. The third kappa shape index (κ3) is 2.16. The molecule has 0 spiro atoms. The average Bonchev–Trinajstić information content (AvgIpc) is 2.62. The Kier molecular flexibility index (Phi) is 2.81. The van der Waals surface area contributed by atoms with E-state index in [4.69, 9.17) is 0 Å². The minimum Gasteiger partial charge on any atom is -0.167 e. The standard InChI is InChI=1S/C12H13N3O/c1-9-3-5-11(6-4-9)7-15-8-12(14-16)10(2)13-15/h3-6,8H,7H2,1-2H3/p+1. The number of hydrogen-bond donors (Lipinski definition) is 1. The maximum atomic E-state index is 10.5. The first-order chi connectivity index (χ1) is 7.69. The quantitative estimate of drug-likeness (QED) is 0.621. The lowest BCUT2D eigenvalue weighted by molar-refractivity contribution is -0.742. The minimum atomic E-state index is 0.465. The van der Waals surface area contributed by atoms with Gasteiger partial charge < -0.3 is 0 Å². The van der Waals surface area contributed by atoms with Crippen molar-refractivity contribution in [2.24, 2.45) is 5.18 Å². The SMILES string of the molecule is Cc1ccc(C[n+]2cc(N=O)c(C)[nH]2)cc1. The molecule has 2 rings (SSSR count). The number of nitrogens with zero attached hydrogens (tertiary/aromatic N) is 2. The highest BCUT2D eigenvalue weighted by atomic mass is 16.3. The molecule has 82 valence electrons. The summed E-state index contributed by atoms with van der Waals surface area (Å²) in [7, 11) is 0. The lowest BCUT2D eigenvalue weighted by Gasteiger charge is -1.95. The van der Waals surface area contributed by atoms with Crippen LogP contribution in [0, 0.1) is 18.8 Å². The van der Waals surface area contributed by atoms with E-state index in [1.807, 2.05) is 11.6 Å². The van der Waals surface area contributed by atoms with Gasteiger partial charge in [-0.25, -0.2) is 0 Å². The molecule has 0 bridgehead atoms. The van der Waals surface area contributed by atoms with Gasteiger partial charge in [0.05, 0.1) is 0 Å². The van der Waals surface area contributed by atoms with E-state index in [1.54, 1.807) is 6.20 Å². The van der Waals surface area contributed by atoms with Gasteiger partial charge in [0.15, 0.2) is 12.2 Å². The summed E-state index contributed by atoms with van der Waals surface area (Å²) in [5.74, 6) is 0. The van der Waals surface area contributed by atoms with E-state index in [0.29, 0.717) is 5.69 Å². The third-order valence-electron chi connectivity index (χ3n) is 2.55. The van der Waals surface area contributed by atoms with Crippen molar-refractivity contribution in [1.82, 2.24) is 5.10 Å². The highest BCUT2D eigenvalue weighted by molar-refractivity contribution is 5.35. The van der Waals surface area contributed by atoms with Crippen LogP contribution in [-0.2, 0) is 6.54 Å². The van der Waals surface area contributed by atoms with Gasteiger partial charge in [0.1, 0.15) is 5.69 Å². The van der Waals surface area contributed by atoms with Crippen molar-refractivity contribution >= 4 is 5.69 Å². The van der Waals surface area contributed by atoms with Crippen molar-refractivity contribution < 1.29 is 4.68 Å². The molecule has 0 amide bonds. The van der Waals surface area contributed by atoms with E-state index in [2.05, 4.69) is 41.5 Å². The second kappa shape index (κ2) is 4.26. The number of H-pyrrole nitrogens is 1. The molecule has 0 atom stereocenters. The minimum absolute atomic E-state index is 0.465. The van der Waals surface area contributed by atoms with Crippen LogP contribution in [0.15, 0.2) is 35.6 Å². The van der Waals surface area contributed by atoms with E-state index >= 15 is 0 Å². The van der Waals surface area contributed by atoms with Gasteiger partial charge in [-0.15, -0.1) is 9.59 Å². The summed E-state index contributed by atoms with van der Waals surface area (Å²) in [5, 5.41) is 6.03. The van der Waals surface area contributed by atoms with Gasteiger partial charge in [0, 0.05) is 5.56 Å². The highest BCUT2D eigenvalue weighted by Crippen LogP contribution is 2.12. The third-order valence-corrected chi connectivity index (χ3v) is 2.55. The molecule has 2 aromatic rings. The molecule has 16 heavy (non-hydrogen) atoms. The summed E-state index contributed by atoms with van der Waals surface area (Å²) in [6.45, 7) is 4.61. The first-order valence-electron chi connectivity index (χ1n) is 5.17. The zero-order valence-corrected chi connectivity index (χ0v) is 9.40. The Bertz CT molecular complexity index is 499. The van der Waals surface area contributed by atoms with Crippen molar-refractivity contribution in [2.45, 2.75) is 20.4 Å². The van der Waals surface area contributed by atoms with Gasteiger partial charge in [-0.3, -0.25) is 0 Å². The Labute approximate surface area is 93.9 Å². The van der Waals surface area contributed by atoms with Gasteiger partial charge in [-0.1, -0.05) is 29.8 Å². The van der Waals surface area contributed by atoms with Crippen LogP contribution in [0.4, 0.5) is 5.69 Å². The zero-order valence-electron chi connectivity index (χ0n) is 9.40. The summed E-state index contributed by atoms with van der Waals surface area (Å²) in [4.78, 5) is 10.5. The second-order valence-corrected chi connectivity index (χ2v) is 3.96. The molecular formula is C12H14N3O+. The monoisotopic (exact) mass is 216 g/mol. The number of nitrogens with one attached hydrogen (secondary N) is 1. The summed E-state index contributed by atoms with van der Waals surface area (Å²) >= 11 is 0. The number of rotatable bonds is 3. The van der Waals surface area contributed by atoms with Crippen LogP contribution in [-0.4, -0.2) is 5.10 Å². The van der Waals surface area contributed by atoms with E-state index in [9.17, 15) is 4.91 Å². The molecule has 4 heteroatoms. The largest absolute Gasteiger partial charge is 0.225 e. The van der Waals surface area contributed by atoms with Gasteiger partial charge >= 0.3 is 0 Å². The number of aromatic amines is 1. The molecule has 1 N–H and O–H groups in total. The molecule has 0 saturated carbocycles. The fraction of sp³-hybridized carbons (Fsp3) is 0.250. The topological polar surface area (TPSA) is 49.1 Å². The second-order valence-electron chi connectivity index (χ2n) is 3.96.